The molecule has 1 saturated carbocycles. The Hall–Kier alpha value is -3.78. The maximum Gasteiger partial charge on any atom is 0.312 e. The van der Waals surface area contributed by atoms with Gasteiger partial charge in [0.1, 0.15) is 36.6 Å². The van der Waals surface area contributed by atoms with E-state index in [9.17, 15) is 39.0 Å². The number of rotatable bonds is 12. The Morgan fingerprint density at radius 1 is 0.860 bits per heavy atom. The van der Waals surface area contributed by atoms with Crippen LogP contribution >= 0.6 is 0 Å². The highest BCUT2D eigenvalue weighted by molar-refractivity contribution is 5.78. The van der Waals surface area contributed by atoms with Gasteiger partial charge in [0.2, 0.25) is 0 Å². The van der Waals surface area contributed by atoms with Crippen molar-refractivity contribution in [2.45, 2.75) is 142 Å². The molecule has 0 radical (unpaired) electrons. The molecule has 0 aromatic heterocycles. The highest BCUT2D eigenvalue weighted by atomic mass is 16.6. The number of ether oxygens (including phenoxy) is 6. The number of carbonyl (C=O) groups excluding carboxylic acids is 6. The van der Waals surface area contributed by atoms with E-state index in [4.69, 9.17) is 28.4 Å². The van der Waals surface area contributed by atoms with E-state index in [1.807, 2.05) is 0 Å². The van der Waals surface area contributed by atoms with Crippen LogP contribution < -0.4 is 0 Å². The third kappa shape index (κ3) is 8.74. The fraction of sp³-hybridized carbons (Fsp3) is 0.722. The fourth-order valence-corrected chi connectivity index (χ4v) is 7.61. The number of unbranched alkanes of at least 4 members (excludes halogenated alkanes) is 4. The molecule has 0 aromatic rings. The van der Waals surface area contributed by atoms with E-state index in [2.05, 4.69) is 6.92 Å². The molecule has 50 heavy (non-hydrogen) atoms. The summed E-state index contributed by atoms with van der Waals surface area (Å²) in [6.45, 7) is 10.4. The van der Waals surface area contributed by atoms with Gasteiger partial charge in [0.15, 0.2) is 11.7 Å². The summed E-state index contributed by atoms with van der Waals surface area (Å²) in [6.07, 6.45) is 1.32. The first kappa shape index (κ1) is 40.6. The minimum Gasteiger partial charge on any atom is -0.462 e. The molecule has 14 heteroatoms. The molecule has 0 amide bonds. The van der Waals surface area contributed by atoms with Crippen LogP contribution in [0.25, 0.3) is 0 Å². The smallest absolute Gasteiger partial charge is 0.312 e. The molecule has 1 saturated heterocycles. The molecule has 14 nitrogen and oxygen atoms in total. The molecule has 0 spiro atoms. The lowest BCUT2D eigenvalue weighted by molar-refractivity contribution is -0.286. The van der Waals surface area contributed by atoms with Gasteiger partial charge >= 0.3 is 35.8 Å². The van der Waals surface area contributed by atoms with E-state index in [1.165, 1.54) is 39.0 Å². The number of carbonyl (C=O) groups is 6. The van der Waals surface area contributed by atoms with Crippen molar-refractivity contribution in [3.8, 4) is 0 Å². The van der Waals surface area contributed by atoms with Crippen LogP contribution in [0.2, 0.25) is 0 Å². The predicted octanol–water partition coefficient (Wildman–Crippen LogP) is 3.18. The molecule has 2 N–H and O–H groups in total. The van der Waals surface area contributed by atoms with Crippen molar-refractivity contribution < 1.29 is 67.4 Å². The van der Waals surface area contributed by atoms with Crippen molar-refractivity contribution >= 4 is 35.8 Å². The quantitative estimate of drug-likeness (QED) is 0.170. The van der Waals surface area contributed by atoms with Crippen LogP contribution in [-0.2, 0) is 57.2 Å². The van der Waals surface area contributed by atoms with Crippen molar-refractivity contribution in [2.75, 3.05) is 6.61 Å². The Balaban J connectivity index is 2.30. The van der Waals surface area contributed by atoms with Crippen LogP contribution in [0.1, 0.15) is 100 Å². The summed E-state index contributed by atoms with van der Waals surface area (Å²) in [7, 11) is 0. The van der Waals surface area contributed by atoms with E-state index in [0.29, 0.717) is 6.42 Å². The van der Waals surface area contributed by atoms with Gasteiger partial charge in [-0.05, 0) is 38.0 Å². The monoisotopic (exact) mass is 708 g/mol. The zero-order chi connectivity index (χ0) is 37.6. The molecule has 3 rings (SSSR count). The molecule has 2 aliphatic carbocycles. The topological polar surface area (TPSA) is 198 Å². The second kappa shape index (κ2) is 16.5. The standard InChI is InChI=1S/C36H52O14/c1-9-10-11-12-13-14-30(41)45-19-25-15-16-26(46-21(3)37)34(7)27(47-22(4)38)18-28(48-23(5)39)35(8,43)31(34)32(49-24(6)40)36(44)20(2)33(42)50-29(36)17-25/h15-17,20,26-29,31-32,43-44H,9-14,18-19H2,1-8H3/t20-,26-,27-,28+,29-,31+,32-,34-,35+,36-/m0/s1. The molecule has 0 bridgehead atoms. The fourth-order valence-electron chi connectivity index (χ4n) is 7.61. The normalized spacial score (nSPS) is 35.0. The van der Waals surface area contributed by atoms with Gasteiger partial charge in [-0.15, -0.1) is 0 Å². The summed E-state index contributed by atoms with van der Waals surface area (Å²) < 4.78 is 34.2. The van der Waals surface area contributed by atoms with Gasteiger partial charge in [0.25, 0.3) is 0 Å². The van der Waals surface area contributed by atoms with Gasteiger partial charge in [-0.3, -0.25) is 28.8 Å². The van der Waals surface area contributed by atoms with E-state index in [1.54, 1.807) is 0 Å². The first-order valence-electron chi connectivity index (χ1n) is 17.2. The molecular formula is C36H52O14. The zero-order valence-electron chi connectivity index (χ0n) is 30.2. The van der Waals surface area contributed by atoms with E-state index < -0.39 is 94.8 Å². The molecule has 1 aliphatic heterocycles. The number of hydrogen-bond acceptors (Lipinski definition) is 14. The number of esters is 6. The Labute approximate surface area is 292 Å². The molecular weight excluding hydrogens is 656 g/mol. The first-order chi connectivity index (χ1) is 23.3. The first-order valence-corrected chi connectivity index (χ1v) is 17.2. The lowest BCUT2D eigenvalue weighted by Crippen LogP contribution is -2.74. The second-order valence-electron chi connectivity index (χ2n) is 14.0. The van der Waals surface area contributed by atoms with Crippen LogP contribution in [0.5, 0.6) is 0 Å². The van der Waals surface area contributed by atoms with Crippen LogP contribution in [0.3, 0.4) is 0 Å². The Bertz CT molecular complexity index is 1370. The largest absolute Gasteiger partial charge is 0.462 e. The van der Waals surface area contributed by atoms with E-state index in [0.717, 1.165) is 53.4 Å². The maximum absolute atomic E-state index is 13.2. The van der Waals surface area contributed by atoms with Gasteiger partial charge in [-0.1, -0.05) is 45.6 Å². The summed E-state index contributed by atoms with van der Waals surface area (Å²) in [5.41, 5.74) is -6.12. The summed E-state index contributed by atoms with van der Waals surface area (Å²) in [4.78, 5) is 76.3. The Morgan fingerprint density at radius 3 is 2.02 bits per heavy atom. The van der Waals surface area contributed by atoms with Crippen LogP contribution in [0, 0.1) is 17.3 Å². The maximum atomic E-state index is 13.2. The minimum absolute atomic E-state index is 0.174. The summed E-state index contributed by atoms with van der Waals surface area (Å²) in [5.74, 6) is -7.52. The lowest BCUT2D eigenvalue weighted by atomic mass is 9.51. The average molecular weight is 709 g/mol. The molecule has 280 valence electrons. The van der Waals surface area contributed by atoms with Crippen LogP contribution in [0.4, 0.5) is 0 Å². The van der Waals surface area contributed by atoms with Crippen molar-refractivity contribution in [1.82, 2.24) is 0 Å². The Kier molecular flexibility index (Phi) is 13.4. The van der Waals surface area contributed by atoms with Crippen molar-refractivity contribution in [3.63, 3.8) is 0 Å². The van der Waals surface area contributed by atoms with Crippen molar-refractivity contribution in [3.05, 3.63) is 23.8 Å². The third-order valence-corrected chi connectivity index (χ3v) is 10.1. The van der Waals surface area contributed by atoms with Gasteiger partial charge < -0.3 is 38.6 Å². The molecule has 2 fully saturated rings. The highest BCUT2D eigenvalue weighted by Gasteiger charge is 2.72. The summed E-state index contributed by atoms with van der Waals surface area (Å²) in [6, 6.07) is 0. The molecule has 0 aromatic carbocycles. The van der Waals surface area contributed by atoms with Crippen molar-refractivity contribution in [2.24, 2.45) is 17.3 Å². The van der Waals surface area contributed by atoms with Crippen LogP contribution in [-0.4, -0.2) is 94.4 Å². The molecule has 10 atom stereocenters. The summed E-state index contributed by atoms with van der Waals surface area (Å²) >= 11 is 0. The summed E-state index contributed by atoms with van der Waals surface area (Å²) in [5, 5.41) is 25.1. The van der Waals surface area contributed by atoms with E-state index in [-0.39, 0.29) is 25.0 Å². The third-order valence-electron chi connectivity index (χ3n) is 10.1. The van der Waals surface area contributed by atoms with Gasteiger partial charge in [-0.25, -0.2) is 0 Å². The molecule has 1 heterocycles. The van der Waals surface area contributed by atoms with Gasteiger partial charge in [-0.2, -0.15) is 0 Å². The lowest BCUT2D eigenvalue weighted by Gasteiger charge is -2.60. The molecule has 0 unspecified atom stereocenters. The van der Waals surface area contributed by atoms with Gasteiger partial charge in [0.05, 0.1) is 11.3 Å². The SMILES string of the molecule is CCCCCCCC(=O)OCC1=C[C@@H]2OC(=O)[C@H](C)[C@@]2(O)[C@@H](OC(C)=O)[C@H]2[C@](C)(O)[C@H](OC(C)=O)C[C@H](OC(C)=O)[C@]2(C)[C@@H](OC(C)=O)C=C1. The van der Waals surface area contributed by atoms with Crippen LogP contribution in [0.15, 0.2) is 23.8 Å². The van der Waals surface area contributed by atoms with E-state index >= 15 is 0 Å². The number of hydrogen-bond donors (Lipinski definition) is 2. The number of aliphatic hydroxyl groups is 2. The number of fused-ring (bicyclic) bond motifs is 2. The Morgan fingerprint density at radius 2 is 1.44 bits per heavy atom. The highest BCUT2D eigenvalue weighted by Crippen LogP contribution is 2.58. The second-order valence-corrected chi connectivity index (χ2v) is 14.0. The molecule has 3 aliphatic rings. The predicted molar refractivity (Wildman–Crippen MR) is 175 cm³/mol. The van der Waals surface area contributed by atoms with Gasteiger partial charge in [0, 0.05) is 46.5 Å². The average Bonchev–Trinajstić information content (AvgIpc) is 3.22. The van der Waals surface area contributed by atoms with Crippen molar-refractivity contribution in [1.29, 1.82) is 0 Å². The minimum atomic E-state index is -2.42. The zero-order valence-corrected chi connectivity index (χ0v) is 30.2.